The molecule has 0 radical (unpaired) electrons. The van der Waals surface area contributed by atoms with Crippen LogP contribution < -0.4 is 5.14 Å². The minimum Gasteiger partial charge on any atom is -0.290 e. The number of rotatable bonds is 4. The van der Waals surface area contributed by atoms with Gasteiger partial charge in [0, 0.05) is 6.20 Å². The molecule has 184 valence electrons. The maximum absolute atomic E-state index is 13.5. The van der Waals surface area contributed by atoms with Gasteiger partial charge in [-0.3, -0.25) is 4.57 Å². The van der Waals surface area contributed by atoms with Gasteiger partial charge in [0.05, 0.1) is 11.3 Å². The van der Waals surface area contributed by atoms with Crippen LogP contribution in [0, 0.1) is 6.92 Å². The summed E-state index contributed by atoms with van der Waals surface area (Å²) in [7, 11) is -4.02. The first kappa shape index (κ1) is 24.8. The molecule has 4 aromatic rings. The van der Waals surface area contributed by atoms with Crippen LogP contribution in [-0.2, 0) is 22.4 Å². The van der Waals surface area contributed by atoms with Crippen molar-refractivity contribution in [3.05, 3.63) is 65.9 Å². The van der Waals surface area contributed by atoms with Gasteiger partial charge in [0.1, 0.15) is 28.5 Å². The van der Waals surface area contributed by atoms with Gasteiger partial charge >= 0.3 is 12.4 Å². The second kappa shape index (κ2) is 8.42. The number of primary sulfonamides is 1. The molecule has 0 spiro atoms. The molecule has 7 nitrogen and oxygen atoms in total. The van der Waals surface area contributed by atoms with Gasteiger partial charge in [0.2, 0.25) is 10.0 Å². The molecule has 0 atom stereocenters. The number of hydrogen-bond acceptors (Lipinski definition) is 6. The summed E-state index contributed by atoms with van der Waals surface area (Å²) < 4.78 is 103. The van der Waals surface area contributed by atoms with Crippen molar-refractivity contribution in [2.75, 3.05) is 0 Å². The Bertz CT molecular complexity index is 1510. The highest BCUT2D eigenvalue weighted by Gasteiger charge is 2.34. The van der Waals surface area contributed by atoms with Gasteiger partial charge in [0.25, 0.3) is 0 Å². The first-order chi connectivity index (χ1) is 16.1. The number of imidazole rings is 1. The average Bonchev–Trinajstić information content (AvgIpc) is 3.39. The number of pyridine rings is 1. The molecule has 1 aromatic carbocycles. The number of aromatic nitrogens is 4. The lowest BCUT2D eigenvalue weighted by Crippen LogP contribution is -2.11. The Hall–Kier alpha value is -3.30. The van der Waals surface area contributed by atoms with Crippen molar-refractivity contribution in [2.45, 2.75) is 23.5 Å². The molecule has 0 saturated carbocycles. The number of halogens is 6. The minimum atomic E-state index is -4.84. The van der Waals surface area contributed by atoms with Gasteiger partial charge in [0.15, 0.2) is 4.21 Å². The quantitative estimate of drug-likeness (QED) is 0.370. The molecule has 0 fully saturated rings. The van der Waals surface area contributed by atoms with Crippen LogP contribution in [0.25, 0.3) is 27.6 Å². The van der Waals surface area contributed by atoms with E-state index in [0.29, 0.717) is 0 Å². The molecular formula is C20H13F6N5O2S2. The highest BCUT2D eigenvalue weighted by molar-refractivity contribution is 7.91. The molecule has 35 heavy (non-hydrogen) atoms. The zero-order valence-corrected chi connectivity index (χ0v) is 19.0. The molecule has 3 heterocycles. The molecule has 0 amide bonds. The van der Waals surface area contributed by atoms with E-state index in [2.05, 4.69) is 15.0 Å². The van der Waals surface area contributed by atoms with Crippen molar-refractivity contribution in [1.29, 1.82) is 0 Å². The number of nitrogens with zero attached hydrogens (tertiary/aromatic N) is 4. The minimum absolute atomic E-state index is 0.0205. The van der Waals surface area contributed by atoms with Crippen LogP contribution in [0.2, 0.25) is 0 Å². The summed E-state index contributed by atoms with van der Waals surface area (Å²) in [6.45, 7) is 1.43. The van der Waals surface area contributed by atoms with E-state index in [1.54, 1.807) is 0 Å². The third-order valence-corrected chi connectivity index (χ3v) is 7.46. The summed E-state index contributed by atoms with van der Waals surface area (Å²) in [5.41, 5.74) is -1.81. The zero-order valence-electron chi connectivity index (χ0n) is 17.4. The number of nitrogens with two attached hydrogens (primary N) is 1. The van der Waals surface area contributed by atoms with E-state index in [1.807, 2.05) is 0 Å². The van der Waals surface area contributed by atoms with Crippen LogP contribution >= 0.6 is 11.3 Å². The van der Waals surface area contributed by atoms with E-state index in [-0.39, 0.29) is 37.5 Å². The van der Waals surface area contributed by atoms with Crippen molar-refractivity contribution < 1.29 is 34.8 Å². The standard InChI is InChI=1S/C20H13F6N5O2S2/c1-10-18(35(27,32)33)34-17(29-10)14-8-31(9-28-14)16-7-12(6-15(30-16)20(24,25)26)11-2-4-13(5-3-11)19(21,22)23/h2-9H,1H3,(H2,27,32,33). The zero-order chi connectivity index (χ0) is 25.8. The van der Waals surface area contributed by atoms with E-state index >= 15 is 0 Å². The Morgan fingerprint density at radius 3 is 2.14 bits per heavy atom. The Labute approximate surface area is 198 Å². The van der Waals surface area contributed by atoms with Crippen LogP contribution in [0.5, 0.6) is 0 Å². The monoisotopic (exact) mass is 533 g/mol. The molecule has 0 saturated heterocycles. The van der Waals surface area contributed by atoms with Crippen molar-refractivity contribution in [3.63, 3.8) is 0 Å². The van der Waals surface area contributed by atoms with E-state index in [0.717, 1.165) is 52.6 Å². The first-order valence-corrected chi connectivity index (χ1v) is 11.8. The fourth-order valence-corrected chi connectivity index (χ4v) is 5.05. The van der Waals surface area contributed by atoms with Crippen LogP contribution in [0.3, 0.4) is 0 Å². The van der Waals surface area contributed by atoms with Gasteiger partial charge in [-0.2, -0.15) is 26.3 Å². The second-order valence-corrected chi connectivity index (χ2v) is 10.0. The second-order valence-electron chi connectivity index (χ2n) is 7.28. The van der Waals surface area contributed by atoms with Gasteiger partial charge < -0.3 is 0 Å². The molecule has 4 rings (SSSR count). The summed E-state index contributed by atoms with van der Waals surface area (Å²) in [4.78, 5) is 11.8. The van der Waals surface area contributed by atoms with Crippen LogP contribution in [0.15, 0.2) is 53.1 Å². The number of sulfonamides is 1. The van der Waals surface area contributed by atoms with Gasteiger partial charge in [-0.25, -0.2) is 28.5 Å². The summed E-state index contributed by atoms with van der Waals surface area (Å²) in [5.74, 6) is -0.214. The van der Waals surface area contributed by atoms with Gasteiger partial charge in [-0.05, 0) is 42.3 Å². The van der Waals surface area contributed by atoms with E-state index in [4.69, 9.17) is 5.14 Å². The lowest BCUT2D eigenvalue weighted by Gasteiger charge is -2.13. The van der Waals surface area contributed by atoms with Crippen molar-refractivity contribution in [3.8, 4) is 27.6 Å². The lowest BCUT2D eigenvalue weighted by atomic mass is 10.0. The number of benzene rings is 1. The summed E-state index contributed by atoms with van der Waals surface area (Å²) >= 11 is 0.747. The SMILES string of the molecule is Cc1nc(-c2cn(-c3cc(-c4ccc(C(F)(F)F)cc4)cc(C(F)(F)F)n3)cn2)sc1S(N)(=O)=O. The normalized spacial score (nSPS) is 12.8. The lowest BCUT2D eigenvalue weighted by molar-refractivity contribution is -0.141. The predicted molar refractivity (Wildman–Crippen MR) is 114 cm³/mol. The molecule has 3 aromatic heterocycles. The maximum atomic E-state index is 13.5. The summed E-state index contributed by atoms with van der Waals surface area (Å²) in [6.07, 6.45) is -6.98. The average molecular weight is 533 g/mol. The molecule has 0 aliphatic carbocycles. The Morgan fingerprint density at radius 1 is 0.943 bits per heavy atom. The number of hydrogen-bond donors (Lipinski definition) is 1. The third kappa shape index (κ3) is 5.21. The van der Waals surface area contributed by atoms with E-state index in [9.17, 15) is 34.8 Å². The van der Waals surface area contributed by atoms with Gasteiger partial charge in [-0.1, -0.05) is 23.5 Å². The largest absolute Gasteiger partial charge is 0.433 e. The maximum Gasteiger partial charge on any atom is 0.433 e. The predicted octanol–water partition coefficient (Wildman–Crippen LogP) is 5.05. The Morgan fingerprint density at radius 2 is 1.60 bits per heavy atom. The fourth-order valence-electron chi connectivity index (χ4n) is 3.13. The summed E-state index contributed by atoms with van der Waals surface area (Å²) in [6, 6.07) is 5.65. The summed E-state index contributed by atoms with van der Waals surface area (Å²) in [5, 5.41) is 5.31. The fraction of sp³-hybridized carbons (Fsp3) is 0.150. The van der Waals surface area contributed by atoms with Crippen molar-refractivity contribution >= 4 is 21.4 Å². The molecule has 0 unspecified atom stereocenters. The van der Waals surface area contributed by atoms with Crippen molar-refractivity contribution in [2.24, 2.45) is 5.14 Å². The van der Waals surface area contributed by atoms with Crippen molar-refractivity contribution in [1.82, 2.24) is 19.5 Å². The molecule has 15 heteroatoms. The smallest absolute Gasteiger partial charge is 0.290 e. The topological polar surface area (TPSA) is 104 Å². The van der Waals surface area contributed by atoms with E-state index < -0.39 is 33.6 Å². The number of aryl methyl sites for hydroxylation is 1. The highest BCUT2D eigenvalue weighted by atomic mass is 32.2. The molecular weight excluding hydrogens is 520 g/mol. The Kier molecular flexibility index (Phi) is 5.97. The molecule has 2 N–H and O–H groups in total. The molecule has 0 bridgehead atoms. The molecule has 0 aliphatic rings. The third-order valence-electron chi connectivity index (χ3n) is 4.73. The molecule has 0 aliphatic heterocycles. The highest BCUT2D eigenvalue weighted by Crippen LogP contribution is 2.35. The first-order valence-electron chi connectivity index (χ1n) is 9.45. The van der Waals surface area contributed by atoms with Crippen LogP contribution in [0.1, 0.15) is 17.0 Å². The van der Waals surface area contributed by atoms with E-state index in [1.165, 1.54) is 19.2 Å². The van der Waals surface area contributed by atoms with Crippen LogP contribution in [-0.4, -0.2) is 27.9 Å². The number of alkyl halides is 6. The van der Waals surface area contributed by atoms with Gasteiger partial charge in [-0.15, -0.1) is 0 Å². The Balaban J connectivity index is 1.78. The number of thiazole rings is 1. The van der Waals surface area contributed by atoms with Crippen LogP contribution in [0.4, 0.5) is 26.3 Å².